The van der Waals surface area contributed by atoms with Gasteiger partial charge in [0.1, 0.15) is 0 Å². The van der Waals surface area contributed by atoms with Crippen LogP contribution in [0.1, 0.15) is 21.1 Å². The SMILES string of the molecule is Cc1nc(CCNC(=O)c2ccn(C)c(=O)c2)cs1. The summed E-state index contributed by atoms with van der Waals surface area (Å²) < 4.78 is 1.43. The van der Waals surface area contributed by atoms with E-state index in [2.05, 4.69) is 10.3 Å². The first-order valence-corrected chi connectivity index (χ1v) is 6.80. The molecule has 0 aliphatic carbocycles. The van der Waals surface area contributed by atoms with Crippen LogP contribution in [0.4, 0.5) is 0 Å². The van der Waals surface area contributed by atoms with Crippen molar-refractivity contribution in [1.29, 1.82) is 0 Å². The molecule has 1 amide bonds. The quantitative estimate of drug-likeness (QED) is 0.911. The molecule has 0 atom stereocenters. The Bertz CT molecular complexity index is 645. The number of amides is 1. The van der Waals surface area contributed by atoms with Crippen molar-refractivity contribution >= 4 is 17.2 Å². The Labute approximate surface area is 114 Å². The molecule has 100 valence electrons. The summed E-state index contributed by atoms with van der Waals surface area (Å²) in [5.41, 5.74) is 1.17. The lowest BCUT2D eigenvalue weighted by atomic mass is 10.2. The van der Waals surface area contributed by atoms with Crippen molar-refractivity contribution in [3.63, 3.8) is 0 Å². The Morgan fingerprint density at radius 1 is 1.53 bits per heavy atom. The summed E-state index contributed by atoms with van der Waals surface area (Å²) in [5, 5.41) is 5.79. The molecule has 6 heteroatoms. The van der Waals surface area contributed by atoms with Crippen molar-refractivity contribution < 1.29 is 4.79 Å². The number of nitrogens with zero attached hydrogens (tertiary/aromatic N) is 2. The third-order valence-electron chi connectivity index (χ3n) is 2.70. The van der Waals surface area contributed by atoms with Gasteiger partial charge in [-0.15, -0.1) is 11.3 Å². The van der Waals surface area contributed by atoms with E-state index in [1.807, 2.05) is 12.3 Å². The van der Waals surface area contributed by atoms with Crippen LogP contribution >= 0.6 is 11.3 Å². The van der Waals surface area contributed by atoms with E-state index in [1.165, 1.54) is 10.6 Å². The summed E-state index contributed by atoms with van der Waals surface area (Å²) in [6, 6.07) is 2.96. The first kappa shape index (κ1) is 13.5. The highest BCUT2D eigenvalue weighted by atomic mass is 32.1. The minimum Gasteiger partial charge on any atom is -0.352 e. The molecule has 0 aromatic carbocycles. The standard InChI is InChI=1S/C13H15N3O2S/c1-9-15-11(8-19-9)3-5-14-13(18)10-4-6-16(2)12(17)7-10/h4,6-8H,3,5H2,1-2H3,(H,14,18). The van der Waals surface area contributed by atoms with E-state index in [1.54, 1.807) is 30.6 Å². The highest BCUT2D eigenvalue weighted by Crippen LogP contribution is 2.07. The van der Waals surface area contributed by atoms with Gasteiger partial charge in [0, 0.05) is 43.2 Å². The monoisotopic (exact) mass is 277 g/mol. The van der Waals surface area contributed by atoms with E-state index in [9.17, 15) is 9.59 Å². The van der Waals surface area contributed by atoms with Crippen LogP contribution in [0.5, 0.6) is 0 Å². The van der Waals surface area contributed by atoms with Crippen molar-refractivity contribution in [1.82, 2.24) is 14.9 Å². The van der Waals surface area contributed by atoms with Crippen molar-refractivity contribution in [3.05, 3.63) is 50.3 Å². The molecule has 0 spiro atoms. The highest BCUT2D eigenvalue weighted by molar-refractivity contribution is 7.09. The summed E-state index contributed by atoms with van der Waals surface area (Å²) >= 11 is 1.60. The highest BCUT2D eigenvalue weighted by Gasteiger charge is 2.06. The van der Waals surface area contributed by atoms with Crippen molar-refractivity contribution in [2.45, 2.75) is 13.3 Å². The predicted octanol–water partition coefficient (Wildman–Crippen LogP) is 1.12. The van der Waals surface area contributed by atoms with Gasteiger partial charge >= 0.3 is 0 Å². The van der Waals surface area contributed by atoms with Gasteiger partial charge < -0.3 is 9.88 Å². The number of hydrogen-bond acceptors (Lipinski definition) is 4. The molecular formula is C13H15N3O2S. The molecule has 2 aromatic rings. The van der Waals surface area contributed by atoms with Gasteiger partial charge in [0.05, 0.1) is 10.7 Å². The maximum atomic E-state index is 11.8. The molecular weight excluding hydrogens is 262 g/mol. The summed E-state index contributed by atoms with van der Waals surface area (Å²) in [7, 11) is 1.65. The lowest BCUT2D eigenvalue weighted by Gasteiger charge is -2.04. The summed E-state index contributed by atoms with van der Waals surface area (Å²) in [6.07, 6.45) is 2.28. The zero-order chi connectivity index (χ0) is 13.8. The Kier molecular flexibility index (Phi) is 4.11. The smallest absolute Gasteiger partial charge is 0.251 e. The van der Waals surface area contributed by atoms with Crippen molar-refractivity contribution in [2.75, 3.05) is 6.54 Å². The normalized spacial score (nSPS) is 10.4. The van der Waals surface area contributed by atoms with Gasteiger partial charge in [-0.2, -0.15) is 0 Å². The zero-order valence-electron chi connectivity index (χ0n) is 10.8. The van der Waals surface area contributed by atoms with Gasteiger partial charge in [-0.1, -0.05) is 0 Å². The van der Waals surface area contributed by atoms with Gasteiger partial charge in [0.2, 0.25) is 0 Å². The Morgan fingerprint density at radius 2 is 2.32 bits per heavy atom. The molecule has 0 fully saturated rings. The molecule has 2 aromatic heterocycles. The largest absolute Gasteiger partial charge is 0.352 e. The Hall–Kier alpha value is -1.95. The first-order chi connectivity index (χ1) is 9.06. The van der Waals surface area contributed by atoms with Crippen LogP contribution < -0.4 is 10.9 Å². The van der Waals surface area contributed by atoms with Gasteiger partial charge in [0.25, 0.3) is 11.5 Å². The van der Waals surface area contributed by atoms with Gasteiger partial charge in [-0.25, -0.2) is 4.98 Å². The molecule has 2 heterocycles. The number of aromatic nitrogens is 2. The fraction of sp³-hybridized carbons (Fsp3) is 0.308. The van der Waals surface area contributed by atoms with Crippen LogP contribution in [-0.2, 0) is 13.5 Å². The lowest BCUT2D eigenvalue weighted by molar-refractivity contribution is 0.0954. The number of hydrogen-bond donors (Lipinski definition) is 1. The molecule has 0 radical (unpaired) electrons. The minimum atomic E-state index is -0.232. The van der Waals surface area contributed by atoms with Crippen LogP contribution in [0.15, 0.2) is 28.5 Å². The molecule has 0 unspecified atom stereocenters. The fourth-order valence-corrected chi connectivity index (χ4v) is 2.27. The predicted molar refractivity (Wildman–Crippen MR) is 74.6 cm³/mol. The van der Waals surface area contributed by atoms with Crippen LogP contribution in [0.3, 0.4) is 0 Å². The molecule has 0 aliphatic heterocycles. The second-order valence-electron chi connectivity index (χ2n) is 4.23. The number of nitrogens with one attached hydrogen (secondary N) is 1. The number of thiazole rings is 1. The number of carbonyl (C=O) groups is 1. The molecule has 0 bridgehead atoms. The number of carbonyl (C=O) groups excluding carboxylic acids is 1. The number of rotatable bonds is 4. The summed E-state index contributed by atoms with van der Waals surface area (Å²) in [5.74, 6) is -0.232. The third kappa shape index (κ3) is 3.51. The van der Waals surface area contributed by atoms with E-state index in [0.717, 1.165) is 10.7 Å². The number of aryl methyl sites for hydroxylation is 2. The van der Waals surface area contributed by atoms with E-state index in [4.69, 9.17) is 0 Å². The van der Waals surface area contributed by atoms with Crippen molar-refractivity contribution in [2.24, 2.45) is 7.05 Å². The van der Waals surface area contributed by atoms with E-state index >= 15 is 0 Å². The Morgan fingerprint density at radius 3 is 2.95 bits per heavy atom. The molecule has 5 nitrogen and oxygen atoms in total. The second kappa shape index (κ2) is 5.79. The van der Waals surface area contributed by atoms with Crippen LogP contribution in [0, 0.1) is 6.92 Å². The molecule has 2 rings (SSSR count). The fourth-order valence-electron chi connectivity index (χ4n) is 1.62. The molecule has 1 N–H and O–H groups in total. The van der Waals surface area contributed by atoms with Crippen LogP contribution in [0.25, 0.3) is 0 Å². The summed E-state index contributed by atoms with van der Waals surface area (Å²) in [4.78, 5) is 27.6. The third-order valence-corrected chi connectivity index (χ3v) is 3.52. The number of pyridine rings is 1. The van der Waals surface area contributed by atoms with E-state index in [-0.39, 0.29) is 11.5 Å². The van der Waals surface area contributed by atoms with E-state index in [0.29, 0.717) is 18.5 Å². The van der Waals surface area contributed by atoms with Crippen LogP contribution in [0.2, 0.25) is 0 Å². The average molecular weight is 277 g/mol. The second-order valence-corrected chi connectivity index (χ2v) is 5.29. The Balaban J connectivity index is 1.90. The molecule has 0 saturated heterocycles. The zero-order valence-corrected chi connectivity index (χ0v) is 11.7. The molecule has 19 heavy (non-hydrogen) atoms. The topological polar surface area (TPSA) is 64.0 Å². The maximum absolute atomic E-state index is 11.8. The first-order valence-electron chi connectivity index (χ1n) is 5.92. The van der Waals surface area contributed by atoms with Gasteiger partial charge in [-0.05, 0) is 13.0 Å². The lowest BCUT2D eigenvalue weighted by Crippen LogP contribution is -2.27. The average Bonchev–Trinajstić information content (AvgIpc) is 2.78. The molecule has 0 aliphatic rings. The van der Waals surface area contributed by atoms with Crippen LogP contribution in [-0.4, -0.2) is 22.0 Å². The van der Waals surface area contributed by atoms with Gasteiger partial charge in [-0.3, -0.25) is 9.59 Å². The minimum absolute atomic E-state index is 0.192. The maximum Gasteiger partial charge on any atom is 0.251 e. The summed E-state index contributed by atoms with van der Waals surface area (Å²) in [6.45, 7) is 2.46. The molecule has 0 saturated carbocycles. The van der Waals surface area contributed by atoms with Gasteiger partial charge in [0.15, 0.2) is 0 Å². The van der Waals surface area contributed by atoms with Crippen molar-refractivity contribution in [3.8, 4) is 0 Å². The van der Waals surface area contributed by atoms with E-state index < -0.39 is 0 Å².